The molecule has 1 amide bonds. The minimum atomic E-state index is -1.30. The van der Waals surface area contributed by atoms with Crippen molar-refractivity contribution in [1.82, 2.24) is 4.90 Å². The van der Waals surface area contributed by atoms with Crippen molar-refractivity contribution in [2.24, 2.45) is 0 Å². The zero-order chi connectivity index (χ0) is 16.7. The Labute approximate surface area is 149 Å². The van der Waals surface area contributed by atoms with Gasteiger partial charge in [-0.15, -0.1) is 0 Å². The number of fused-ring (bicyclic) bond motifs is 2. The molecule has 0 radical (unpaired) electrons. The lowest BCUT2D eigenvalue weighted by molar-refractivity contribution is -0.278. The van der Waals surface area contributed by atoms with Crippen LogP contribution < -0.4 is 4.90 Å². The number of ether oxygens (including phenoxy) is 3. The molecule has 24 heavy (non-hydrogen) atoms. The molecular formula is C17H21BrN2O4. The summed E-state index contributed by atoms with van der Waals surface area (Å²) in [4.78, 5) is 17.3. The molecule has 3 aliphatic rings. The van der Waals surface area contributed by atoms with E-state index in [1.54, 1.807) is 4.90 Å². The van der Waals surface area contributed by atoms with Crippen LogP contribution in [0.4, 0.5) is 5.69 Å². The van der Waals surface area contributed by atoms with Gasteiger partial charge in [-0.25, -0.2) is 0 Å². The fourth-order valence-electron chi connectivity index (χ4n) is 3.49. The minimum Gasteiger partial charge on any atom is -0.379 e. The average Bonchev–Trinajstić information content (AvgIpc) is 2.78. The molecule has 7 heteroatoms. The van der Waals surface area contributed by atoms with Crippen molar-refractivity contribution < 1.29 is 19.0 Å². The summed E-state index contributed by atoms with van der Waals surface area (Å²) >= 11 is 3.50. The van der Waals surface area contributed by atoms with Gasteiger partial charge in [-0.1, -0.05) is 15.9 Å². The van der Waals surface area contributed by atoms with E-state index in [0.717, 1.165) is 35.2 Å². The highest BCUT2D eigenvalue weighted by atomic mass is 79.9. The van der Waals surface area contributed by atoms with Gasteiger partial charge in [-0.2, -0.15) is 0 Å². The van der Waals surface area contributed by atoms with Crippen LogP contribution in [0, 0.1) is 0 Å². The molecule has 1 aromatic rings. The van der Waals surface area contributed by atoms with E-state index in [1.807, 2.05) is 25.1 Å². The van der Waals surface area contributed by atoms with Gasteiger partial charge in [-0.05, 0) is 31.5 Å². The zero-order valence-corrected chi connectivity index (χ0v) is 15.3. The summed E-state index contributed by atoms with van der Waals surface area (Å²) in [5.74, 6) is -1.43. The molecule has 130 valence electrons. The van der Waals surface area contributed by atoms with Crippen LogP contribution in [0.1, 0.15) is 18.9 Å². The third kappa shape index (κ3) is 2.68. The van der Waals surface area contributed by atoms with E-state index in [4.69, 9.17) is 14.2 Å². The first-order valence-corrected chi connectivity index (χ1v) is 9.13. The zero-order valence-electron chi connectivity index (χ0n) is 13.7. The second-order valence-corrected chi connectivity index (χ2v) is 7.36. The number of morpholine rings is 1. The van der Waals surface area contributed by atoms with Crippen LogP contribution in [0.2, 0.25) is 0 Å². The van der Waals surface area contributed by atoms with Gasteiger partial charge in [0, 0.05) is 23.1 Å². The van der Waals surface area contributed by atoms with E-state index < -0.39 is 5.79 Å². The molecule has 3 heterocycles. The lowest BCUT2D eigenvalue weighted by atomic mass is 10.1. The molecule has 3 aliphatic heterocycles. The molecule has 0 bridgehead atoms. The van der Waals surface area contributed by atoms with E-state index >= 15 is 0 Å². The SMILES string of the molecule is C[C@H]1CCO[C@]2(O1)C(=O)N(CN1CCOCC1)c1ccc(Br)cc12. The molecule has 0 unspecified atom stereocenters. The van der Waals surface area contributed by atoms with Gasteiger partial charge in [0.15, 0.2) is 0 Å². The number of carbonyl (C=O) groups excluding carboxylic acids is 1. The third-order valence-electron chi connectivity index (χ3n) is 4.77. The standard InChI is InChI=1S/C17H21BrN2O4/c1-12-4-7-23-17(24-12)14-10-13(18)2-3-15(14)20(16(17)21)11-19-5-8-22-9-6-19/h2-3,10,12H,4-9,11H2,1H3/t12-,17+/m0/s1. The molecule has 6 nitrogen and oxygen atoms in total. The van der Waals surface area contributed by atoms with E-state index in [0.29, 0.717) is 26.5 Å². The lowest BCUT2D eigenvalue weighted by Gasteiger charge is -2.37. The Morgan fingerprint density at radius 3 is 2.83 bits per heavy atom. The number of carbonyl (C=O) groups is 1. The highest BCUT2D eigenvalue weighted by Gasteiger charge is 2.56. The molecule has 0 N–H and O–H groups in total. The largest absolute Gasteiger partial charge is 0.379 e. The monoisotopic (exact) mass is 396 g/mol. The normalized spacial score (nSPS) is 30.8. The predicted octanol–water partition coefficient (Wildman–Crippen LogP) is 2.06. The smallest absolute Gasteiger partial charge is 0.293 e. The Morgan fingerprint density at radius 2 is 2.08 bits per heavy atom. The van der Waals surface area contributed by atoms with Crippen molar-refractivity contribution in [2.45, 2.75) is 25.2 Å². The van der Waals surface area contributed by atoms with Crippen LogP contribution in [0.15, 0.2) is 22.7 Å². The topological polar surface area (TPSA) is 51.2 Å². The summed E-state index contributed by atoms with van der Waals surface area (Å²) in [7, 11) is 0. The molecule has 0 aliphatic carbocycles. The lowest BCUT2D eigenvalue weighted by Crippen LogP contribution is -2.52. The van der Waals surface area contributed by atoms with E-state index in [2.05, 4.69) is 20.8 Å². The summed E-state index contributed by atoms with van der Waals surface area (Å²) in [6.07, 6.45) is 0.778. The fourth-order valence-corrected chi connectivity index (χ4v) is 3.85. The number of hydrogen-bond acceptors (Lipinski definition) is 5. The Balaban J connectivity index is 1.70. The van der Waals surface area contributed by atoms with Gasteiger partial charge in [0.2, 0.25) is 0 Å². The molecule has 0 saturated carbocycles. The first-order valence-electron chi connectivity index (χ1n) is 8.34. The molecule has 2 saturated heterocycles. The number of anilines is 1. The van der Waals surface area contributed by atoms with Crippen molar-refractivity contribution in [3.05, 3.63) is 28.2 Å². The van der Waals surface area contributed by atoms with Crippen LogP contribution in [-0.2, 0) is 24.8 Å². The van der Waals surface area contributed by atoms with E-state index in [-0.39, 0.29) is 12.0 Å². The Morgan fingerprint density at radius 1 is 1.29 bits per heavy atom. The van der Waals surface area contributed by atoms with Crippen molar-refractivity contribution >= 4 is 27.5 Å². The molecule has 1 spiro atoms. The van der Waals surface area contributed by atoms with Crippen molar-refractivity contribution in [3.63, 3.8) is 0 Å². The van der Waals surface area contributed by atoms with Crippen LogP contribution in [0.3, 0.4) is 0 Å². The maximum Gasteiger partial charge on any atom is 0.293 e. The maximum atomic E-state index is 13.3. The first-order chi connectivity index (χ1) is 11.6. The maximum absolute atomic E-state index is 13.3. The predicted molar refractivity (Wildman–Crippen MR) is 91.7 cm³/mol. The summed E-state index contributed by atoms with van der Waals surface area (Å²) in [6, 6.07) is 5.84. The Kier molecular flexibility index (Phi) is 4.38. The van der Waals surface area contributed by atoms with Crippen LogP contribution in [0.25, 0.3) is 0 Å². The van der Waals surface area contributed by atoms with Gasteiger partial charge in [0.05, 0.1) is 38.3 Å². The minimum absolute atomic E-state index is 0.0159. The molecular weight excluding hydrogens is 376 g/mol. The number of nitrogens with zero attached hydrogens (tertiary/aromatic N) is 2. The molecule has 0 aromatic heterocycles. The number of halogens is 1. The molecule has 2 atom stereocenters. The van der Waals surface area contributed by atoms with Gasteiger partial charge in [0.25, 0.3) is 11.7 Å². The van der Waals surface area contributed by atoms with Gasteiger partial charge in [0.1, 0.15) is 0 Å². The highest BCUT2D eigenvalue weighted by molar-refractivity contribution is 9.10. The number of benzene rings is 1. The Hall–Kier alpha value is -0.990. The Bertz CT molecular complexity index is 649. The first kappa shape index (κ1) is 16.5. The van der Waals surface area contributed by atoms with Crippen LogP contribution in [0.5, 0.6) is 0 Å². The highest BCUT2D eigenvalue weighted by Crippen LogP contribution is 2.47. The summed E-state index contributed by atoms with van der Waals surface area (Å²) in [6.45, 7) is 6.07. The second-order valence-electron chi connectivity index (χ2n) is 6.45. The summed E-state index contributed by atoms with van der Waals surface area (Å²) in [5.41, 5.74) is 1.66. The van der Waals surface area contributed by atoms with Crippen molar-refractivity contribution in [3.8, 4) is 0 Å². The average molecular weight is 397 g/mol. The van der Waals surface area contributed by atoms with Gasteiger partial charge >= 0.3 is 0 Å². The molecule has 1 aromatic carbocycles. The fraction of sp³-hybridized carbons (Fsp3) is 0.588. The van der Waals surface area contributed by atoms with Gasteiger partial charge < -0.3 is 14.2 Å². The van der Waals surface area contributed by atoms with E-state index in [1.165, 1.54) is 0 Å². The third-order valence-corrected chi connectivity index (χ3v) is 5.27. The van der Waals surface area contributed by atoms with Gasteiger partial charge in [-0.3, -0.25) is 14.6 Å². The van der Waals surface area contributed by atoms with Crippen molar-refractivity contribution in [2.75, 3.05) is 44.5 Å². The number of amides is 1. The van der Waals surface area contributed by atoms with Crippen LogP contribution >= 0.6 is 15.9 Å². The second kappa shape index (κ2) is 6.38. The number of hydrogen-bond donors (Lipinski definition) is 0. The quantitative estimate of drug-likeness (QED) is 0.765. The van der Waals surface area contributed by atoms with E-state index in [9.17, 15) is 4.79 Å². The molecule has 4 rings (SSSR count). The van der Waals surface area contributed by atoms with Crippen molar-refractivity contribution in [1.29, 1.82) is 0 Å². The summed E-state index contributed by atoms with van der Waals surface area (Å²) in [5, 5.41) is 0. The number of rotatable bonds is 2. The van der Waals surface area contributed by atoms with Crippen LogP contribution in [-0.4, -0.2) is 56.5 Å². The summed E-state index contributed by atoms with van der Waals surface area (Å²) < 4.78 is 18.3. The molecule has 2 fully saturated rings.